The molecule has 16 heavy (non-hydrogen) atoms. The molecule has 1 aromatic carbocycles. The molecule has 5 heteroatoms. The van der Waals surface area contributed by atoms with Gasteiger partial charge in [-0.05, 0) is 24.6 Å². The second-order valence-corrected chi connectivity index (χ2v) is 4.09. The van der Waals surface area contributed by atoms with Gasteiger partial charge in [0.25, 0.3) is 0 Å². The minimum atomic E-state index is -1.27. The standard InChI is InChI=1S/C11H13NO4/c1-11(12,10(13)14)5-7-2-3-8-9(4-7)16-6-15-8/h2-4H,5-6,12H2,1H3,(H,13,14). The molecule has 2 rings (SSSR count). The van der Waals surface area contributed by atoms with Gasteiger partial charge in [-0.1, -0.05) is 6.07 Å². The van der Waals surface area contributed by atoms with Gasteiger partial charge in [0.05, 0.1) is 0 Å². The van der Waals surface area contributed by atoms with Gasteiger partial charge < -0.3 is 20.3 Å². The predicted molar refractivity (Wildman–Crippen MR) is 56.5 cm³/mol. The molecule has 0 spiro atoms. The van der Waals surface area contributed by atoms with Crippen LogP contribution in [0.2, 0.25) is 0 Å². The molecule has 1 unspecified atom stereocenters. The lowest BCUT2D eigenvalue weighted by Gasteiger charge is -2.19. The van der Waals surface area contributed by atoms with Crippen molar-refractivity contribution in [1.82, 2.24) is 0 Å². The number of fused-ring (bicyclic) bond motifs is 1. The summed E-state index contributed by atoms with van der Waals surface area (Å²) in [7, 11) is 0. The first kappa shape index (κ1) is 10.8. The number of nitrogens with two attached hydrogens (primary N) is 1. The van der Waals surface area contributed by atoms with Crippen LogP contribution in [-0.2, 0) is 11.2 Å². The summed E-state index contributed by atoms with van der Waals surface area (Å²) in [6.07, 6.45) is 0.249. The van der Waals surface area contributed by atoms with Crippen molar-refractivity contribution >= 4 is 5.97 Å². The third-order valence-electron chi connectivity index (χ3n) is 2.50. The number of rotatable bonds is 3. The topological polar surface area (TPSA) is 81.8 Å². The van der Waals surface area contributed by atoms with Crippen LogP contribution in [0.4, 0.5) is 0 Å². The molecule has 0 bridgehead atoms. The molecular weight excluding hydrogens is 210 g/mol. The van der Waals surface area contributed by atoms with Crippen LogP contribution in [0.5, 0.6) is 11.5 Å². The van der Waals surface area contributed by atoms with E-state index in [9.17, 15) is 4.79 Å². The zero-order valence-electron chi connectivity index (χ0n) is 8.90. The number of aliphatic carboxylic acids is 1. The van der Waals surface area contributed by atoms with Crippen molar-refractivity contribution in [2.75, 3.05) is 6.79 Å². The summed E-state index contributed by atoms with van der Waals surface area (Å²) in [5.41, 5.74) is 5.21. The minimum Gasteiger partial charge on any atom is -0.480 e. The monoisotopic (exact) mass is 223 g/mol. The first-order valence-corrected chi connectivity index (χ1v) is 4.90. The van der Waals surface area contributed by atoms with E-state index >= 15 is 0 Å². The van der Waals surface area contributed by atoms with Crippen LogP contribution in [0.15, 0.2) is 18.2 Å². The molecule has 0 saturated carbocycles. The number of carbonyl (C=O) groups is 1. The summed E-state index contributed by atoms with van der Waals surface area (Å²) in [6, 6.07) is 5.31. The first-order chi connectivity index (χ1) is 7.49. The molecule has 0 fully saturated rings. The van der Waals surface area contributed by atoms with Crippen molar-refractivity contribution in [2.24, 2.45) is 5.73 Å². The lowest BCUT2D eigenvalue weighted by molar-refractivity contribution is -0.142. The van der Waals surface area contributed by atoms with Crippen molar-refractivity contribution < 1.29 is 19.4 Å². The van der Waals surface area contributed by atoms with Crippen molar-refractivity contribution in [3.63, 3.8) is 0 Å². The number of ether oxygens (including phenoxy) is 2. The number of hydrogen-bond donors (Lipinski definition) is 2. The number of benzene rings is 1. The molecule has 5 nitrogen and oxygen atoms in total. The van der Waals surface area contributed by atoms with Crippen LogP contribution < -0.4 is 15.2 Å². The molecule has 0 amide bonds. The maximum absolute atomic E-state index is 10.9. The molecule has 0 aromatic heterocycles. The minimum absolute atomic E-state index is 0.206. The first-order valence-electron chi connectivity index (χ1n) is 4.90. The van der Waals surface area contributed by atoms with Crippen LogP contribution >= 0.6 is 0 Å². The van der Waals surface area contributed by atoms with E-state index in [2.05, 4.69) is 0 Å². The predicted octanol–water partition coefficient (Wildman–Crippen LogP) is 0.760. The lowest BCUT2D eigenvalue weighted by Crippen LogP contribution is -2.46. The molecule has 1 aromatic rings. The Morgan fingerprint density at radius 2 is 2.19 bits per heavy atom. The van der Waals surface area contributed by atoms with Crippen LogP contribution in [0, 0.1) is 0 Å². The average molecular weight is 223 g/mol. The highest BCUT2D eigenvalue weighted by molar-refractivity contribution is 5.78. The highest BCUT2D eigenvalue weighted by atomic mass is 16.7. The Balaban J connectivity index is 2.20. The molecule has 0 saturated heterocycles. The van der Waals surface area contributed by atoms with Gasteiger partial charge in [0.15, 0.2) is 11.5 Å². The Morgan fingerprint density at radius 3 is 2.88 bits per heavy atom. The second kappa shape index (κ2) is 3.68. The van der Waals surface area contributed by atoms with Gasteiger partial charge in [0.2, 0.25) is 6.79 Å². The zero-order chi connectivity index (χ0) is 11.8. The fourth-order valence-corrected chi connectivity index (χ4v) is 1.55. The van der Waals surface area contributed by atoms with Gasteiger partial charge >= 0.3 is 5.97 Å². The largest absolute Gasteiger partial charge is 0.480 e. The highest BCUT2D eigenvalue weighted by Gasteiger charge is 2.28. The van der Waals surface area contributed by atoms with E-state index in [1.807, 2.05) is 0 Å². The fourth-order valence-electron chi connectivity index (χ4n) is 1.55. The fraction of sp³-hybridized carbons (Fsp3) is 0.364. The Labute approximate surface area is 92.8 Å². The summed E-state index contributed by atoms with van der Waals surface area (Å²) in [4.78, 5) is 10.9. The molecule has 1 atom stereocenters. The number of hydrogen-bond acceptors (Lipinski definition) is 4. The van der Waals surface area contributed by atoms with E-state index in [0.717, 1.165) is 5.56 Å². The van der Waals surface area contributed by atoms with Crippen molar-refractivity contribution in [3.8, 4) is 11.5 Å². The van der Waals surface area contributed by atoms with E-state index in [0.29, 0.717) is 11.5 Å². The summed E-state index contributed by atoms with van der Waals surface area (Å²) < 4.78 is 10.4. The quantitative estimate of drug-likeness (QED) is 0.790. The van der Waals surface area contributed by atoms with Gasteiger partial charge in [-0.2, -0.15) is 0 Å². The Morgan fingerprint density at radius 1 is 1.50 bits per heavy atom. The normalized spacial score (nSPS) is 16.9. The molecule has 1 aliphatic heterocycles. The molecule has 1 aliphatic rings. The van der Waals surface area contributed by atoms with Crippen molar-refractivity contribution in [2.45, 2.75) is 18.9 Å². The van der Waals surface area contributed by atoms with Gasteiger partial charge in [-0.25, -0.2) is 0 Å². The molecule has 0 radical (unpaired) electrons. The van der Waals surface area contributed by atoms with E-state index in [1.165, 1.54) is 6.92 Å². The van der Waals surface area contributed by atoms with Crippen LogP contribution in [0.25, 0.3) is 0 Å². The summed E-state index contributed by atoms with van der Waals surface area (Å²) in [5.74, 6) is 0.293. The Kier molecular flexibility index (Phi) is 2.47. The van der Waals surface area contributed by atoms with Crippen LogP contribution in [0.3, 0.4) is 0 Å². The molecular formula is C11H13NO4. The van der Waals surface area contributed by atoms with Gasteiger partial charge in [0.1, 0.15) is 5.54 Å². The van der Waals surface area contributed by atoms with Crippen molar-refractivity contribution in [1.29, 1.82) is 0 Å². The van der Waals surface area contributed by atoms with Gasteiger partial charge in [-0.3, -0.25) is 4.79 Å². The summed E-state index contributed by atoms with van der Waals surface area (Å²) in [5, 5.41) is 8.92. The number of carboxylic acids is 1. The third kappa shape index (κ3) is 1.94. The number of carboxylic acid groups (broad SMARTS) is 1. The van der Waals surface area contributed by atoms with Crippen LogP contribution in [-0.4, -0.2) is 23.4 Å². The molecule has 3 N–H and O–H groups in total. The molecule has 86 valence electrons. The van der Waals surface area contributed by atoms with E-state index in [-0.39, 0.29) is 13.2 Å². The Hall–Kier alpha value is -1.75. The van der Waals surface area contributed by atoms with Crippen LogP contribution in [0.1, 0.15) is 12.5 Å². The van der Waals surface area contributed by atoms with Crippen molar-refractivity contribution in [3.05, 3.63) is 23.8 Å². The Bertz CT molecular complexity index is 428. The van der Waals surface area contributed by atoms with E-state index < -0.39 is 11.5 Å². The molecule has 0 aliphatic carbocycles. The van der Waals surface area contributed by atoms with Gasteiger partial charge in [-0.15, -0.1) is 0 Å². The average Bonchev–Trinajstić information content (AvgIpc) is 2.63. The van der Waals surface area contributed by atoms with E-state index in [1.54, 1.807) is 18.2 Å². The zero-order valence-corrected chi connectivity index (χ0v) is 8.90. The maximum Gasteiger partial charge on any atom is 0.323 e. The summed E-state index contributed by atoms with van der Waals surface area (Å²) >= 11 is 0. The SMILES string of the molecule is CC(N)(Cc1ccc2c(c1)OCO2)C(=O)O. The highest BCUT2D eigenvalue weighted by Crippen LogP contribution is 2.33. The van der Waals surface area contributed by atoms with Gasteiger partial charge in [0, 0.05) is 6.42 Å². The lowest BCUT2D eigenvalue weighted by atomic mass is 9.94. The second-order valence-electron chi connectivity index (χ2n) is 4.09. The molecule has 1 heterocycles. The van der Waals surface area contributed by atoms with E-state index in [4.69, 9.17) is 20.3 Å². The maximum atomic E-state index is 10.9. The smallest absolute Gasteiger partial charge is 0.323 e. The summed E-state index contributed by atoms with van der Waals surface area (Å²) in [6.45, 7) is 1.69. The third-order valence-corrected chi connectivity index (χ3v) is 2.50.